The Morgan fingerprint density at radius 3 is 2.67 bits per heavy atom. The Labute approximate surface area is 121 Å². The van der Waals surface area contributed by atoms with Gasteiger partial charge in [0.2, 0.25) is 15.9 Å². The van der Waals surface area contributed by atoms with Gasteiger partial charge in [0.15, 0.2) is 0 Å². The lowest BCUT2D eigenvalue weighted by Crippen LogP contribution is -2.32. The zero-order chi connectivity index (χ0) is 15.6. The SMILES string of the molecule is Cc1nc2ccccc2c(=O)n1CCC(=O)NS(C)(=O)=O. The third-order valence-electron chi connectivity index (χ3n) is 2.91. The normalized spacial score (nSPS) is 11.5. The lowest BCUT2D eigenvalue weighted by molar-refractivity contribution is -0.119. The van der Waals surface area contributed by atoms with Gasteiger partial charge in [-0.05, 0) is 19.1 Å². The van der Waals surface area contributed by atoms with Crippen LogP contribution in [0.1, 0.15) is 12.2 Å². The van der Waals surface area contributed by atoms with Gasteiger partial charge in [0.05, 0.1) is 17.2 Å². The lowest BCUT2D eigenvalue weighted by atomic mass is 10.2. The maximum absolute atomic E-state index is 12.3. The summed E-state index contributed by atoms with van der Waals surface area (Å²) in [6, 6.07) is 6.93. The average molecular weight is 309 g/mol. The van der Waals surface area contributed by atoms with Crippen molar-refractivity contribution in [1.29, 1.82) is 0 Å². The van der Waals surface area contributed by atoms with Gasteiger partial charge >= 0.3 is 0 Å². The molecule has 0 aliphatic rings. The number of para-hydroxylation sites is 1. The molecule has 0 bridgehead atoms. The number of nitrogens with one attached hydrogen (secondary N) is 1. The Morgan fingerprint density at radius 2 is 2.00 bits per heavy atom. The van der Waals surface area contributed by atoms with Gasteiger partial charge in [-0.15, -0.1) is 0 Å². The summed E-state index contributed by atoms with van der Waals surface area (Å²) in [4.78, 5) is 28.1. The molecular formula is C13H15N3O4S. The van der Waals surface area contributed by atoms with E-state index in [0.29, 0.717) is 16.7 Å². The largest absolute Gasteiger partial charge is 0.296 e. The molecule has 21 heavy (non-hydrogen) atoms. The molecule has 112 valence electrons. The molecule has 0 saturated carbocycles. The molecule has 2 aromatic rings. The van der Waals surface area contributed by atoms with Crippen molar-refractivity contribution >= 4 is 26.8 Å². The molecule has 0 fully saturated rings. The van der Waals surface area contributed by atoms with Crippen LogP contribution in [0.4, 0.5) is 0 Å². The molecule has 0 aliphatic heterocycles. The van der Waals surface area contributed by atoms with Crippen molar-refractivity contribution in [3.8, 4) is 0 Å². The monoisotopic (exact) mass is 309 g/mol. The number of hydrogen-bond acceptors (Lipinski definition) is 5. The maximum Gasteiger partial charge on any atom is 0.261 e. The molecule has 0 radical (unpaired) electrons. The second-order valence-corrected chi connectivity index (χ2v) is 6.43. The van der Waals surface area contributed by atoms with Crippen LogP contribution < -0.4 is 10.3 Å². The highest BCUT2D eigenvalue weighted by molar-refractivity contribution is 7.89. The number of amides is 1. The molecule has 7 nitrogen and oxygen atoms in total. The fourth-order valence-corrected chi connectivity index (χ4v) is 2.53. The quantitative estimate of drug-likeness (QED) is 0.868. The summed E-state index contributed by atoms with van der Waals surface area (Å²) in [5.74, 6) is -0.178. The Bertz CT molecular complexity index is 855. The Hall–Kier alpha value is -2.22. The van der Waals surface area contributed by atoms with Crippen molar-refractivity contribution in [1.82, 2.24) is 14.3 Å². The van der Waals surface area contributed by atoms with Gasteiger partial charge in [-0.25, -0.2) is 13.4 Å². The highest BCUT2D eigenvalue weighted by Crippen LogP contribution is 2.07. The smallest absolute Gasteiger partial charge is 0.261 e. The Balaban J connectivity index is 2.27. The first-order chi connectivity index (χ1) is 9.78. The predicted molar refractivity (Wildman–Crippen MR) is 78.3 cm³/mol. The van der Waals surface area contributed by atoms with E-state index in [1.165, 1.54) is 4.57 Å². The summed E-state index contributed by atoms with van der Waals surface area (Å²) in [5, 5.41) is 0.464. The molecule has 0 spiro atoms. The highest BCUT2D eigenvalue weighted by atomic mass is 32.2. The molecular weight excluding hydrogens is 294 g/mol. The molecule has 1 aromatic heterocycles. The highest BCUT2D eigenvalue weighted by Gasteiger charge is 2.11. The fourth-order valence-electron chi connectivity index (χ4n) is 2.01. The Morgan fingerprint density at radius 1 is 1.33 bits per heavy atom. The van der Waals surface area contributed by atoms with Crippen molar-refractivity contribution in [3.63, 3.8) is 0 Å². The maximum atomic E-state index is 12.3. The van der Waals surface area contributed by atoms with Crippen LogP contribution in [-0.4, -0.2) is 30.1 Å². The first kappa shape index (κ1) is 15.2. The van der Waals surface area contributed by atoms with Crippen LogP contribution in [0.3, 0.4) is 0 Å². The lowest BCUT2D eigenvalue weighted by Gasteiger charge is -2.10. The van der Waals surface area contributed by atoms with Crippen LogP contribution >= 0.6 is 0 Å². The summed E-state index contributed by atoms with van der Waals surface area (Å²) in [6.45, 7) is 1.74. The standard InChI is InChI=1S/C13H15N3O4S/c1-9-14-11-6-4-3-5-10(11)13(18)16(9)8-7-12(17)15-21(2,19)20/h3-6H,7-8H2,1-2H3,(H,15,17). The summed E-state index contributed by atoms with van der Waals surface area (Å²) in [5.41, 5.74) is 0.349. The van der Waals surface area contributed by atoms with Crippen molar-refractivity contribution < 1.29 is 13.2 Å². The second kappa shape index (κ2) is 5.65. The first-order valence-corrected chi connectivity index (χ1v) is 8.14. The Kier molecular flexibility index (Phi) is 4.08. The summed E-state index contributed by atoms with van der Waals surface area (Å²) >= 11 is 0. The van der Waals surface area contributed by atoms with Crippen LogP contribution in [0.2, 0.25) is 0 Å². The van der Waals surface area contributed by atoms with E-state index in [9.17, 15) is 18.0 Å². The summed E-state index contributed by atoms with van der Waals surface area (Å²) in [7, 11) is -3.59. The molecule has 0 atom stereocenters. The molecule has 1 aromatic carbocycles. The van der Waals surface area contributed by atoms with Crippen LogP contribution in [0.15, 0.2) is 29.1 Å². The van der Waals surface area contributed by atoms with E-state index in [-0.39, 0.29) is 18.5 Å². The number of carbonyl (C=O) groups is 1. The zero-order valence-corrected chi connectivity index (χ0v) is 12.5. The van der Waals surface area contributed by atoms with Crippen LogP contribution in [0.25, 0.3) is 10.9 Å². The molecule has 0 unspecified atom stereocenters. The number of fused-ring (bicyclic) bond motifs is 1. The average Bonchev–Trinajstić information content (AvgIpc) is 2.36. The summed E-state index contributed by atoms with van der Waals surface area (Å²) in [6.07, 6.45) is 0.785. The molecule has 1 heterocycles. The van der Waals surface area contributed by atoms with E-state index in [4.69, 9.17) is 0 Å². The van der Waals surface area contributed by atoms with Crippen LogP contribution in [0, 0.1) is 6.92 Å². The van der Waals surface area contributed by atoms with E-state index in [2.05, 4.69) is 4.98 Å². The number of aromatic nitrogens is 2. The minimum Gasteiger partial charge on any atom is -0.296 e. The van der Waals surface area contributed by atoms with E-state index >= 15 is 0 Å². The van der Waals surface area contributed by atoms with Crippen molar-refractivity contribution in [2.45, 2.75) is 19.9 Å². The minimum absolute atomic E-state index is 0.0733. The summed E-state index contributed by atoms with van der Waals surface area (Å²) < 4.78 is 25.1. The number of sulfonamides is 1. The first-order valence-electron chi connectivity index (χ1n) is 6.25. The van der Waals surface area contributed by atoms with E-state index < -0.39 is 15.9 Å². The van der Waals surface area contributed by atoms with E-state index in [0.717, 1.165) is 6.26 Å². The van der Waals surface area contributed by atoms with E-state index in [1.54, 1.807) is 31.2 Å². The fraction of sp³-hybridized carbons (Fsp3) is 0.308. The number of benzene rings is 1. The molecule has 2 rings (SSSR count). The number of hydrogen-bond donors (Lipinski definition) is 1. The van der Waals surface area contributed by atoms with Gasteiger partial charge in [-0.2, -0.15) is 0 Å². The van der Waals surface area contributed by atoms with Gasteiger partial charge in [0.1, 0.15) is 5.82 Å². The van der Waals surface area contributed by atoms with Gasteiger partial charge < -0.3 is 0 Å². The number of nitrogens with zero attached hydrogens (tertiary/aromatic N) is 2. The van der Waals surface area contributed by atoms with Crippen LogP contribution in [-0.2, 0) is 21.4 Å². The van der Waals surface area contributed by atoms with Gasteiger partial charge in [0.25, 0.3) is 5.56 Å². The topological polar surface area (TPSA) is 98.1 Å². The second-order valence-electron chi connectivity index (χ2n) is 4.68. The molecule has 0 saturated heterocycles. The molecule has 0 aliphatic carbocycles. The van der Waals surface area contributed by atoms with E-state index in [1.807, 2.05) is 4.72 Å². The molecule has 8 heteroatoms. The van der Waals surface area contributed by atoms with Gasteiger partial charge in [-0.1, -0.05) is 12.1 Å². The van der Waals surface area contributed by atoms with Crippen LogP contribution in [0.5, 0.6) is 0 Å². The molecule has 1 amide bonds. The molecule has 1 N–H and O–H groups in total. The van der Waals surface area contributed by atoms with Gasteiger partial charge in [0, 0.05) is 13.0 Å². The van der Waals surface area contributed by atoms with Crippen molar-refractivity contribution in [2.24, 2.45) is 0 Å². The number of aryl methyl sites for hydroxylation is 1. The third-order valence-corrected chi connectivity index (χ3v) is 3.51. The minimum atomic E-state index is -3.59. The predicted octanol–water partition coefficient (Wildman–Crippen LogP) is 0.171. The third kappa shape index (κ3) is 3.66. The van der Waals surface area contributed by atoms with Crippen molar-refractivity contribution in [3.05, 3.63) is 40.4 Å². The number of carbonyl (C=O) groups excluding carboxylic acids is 1. The number of rotatable bonds is 4. The van der Waals surface area contributed by atoms with Gasteiger partial charge in [-0.3, -0.25) is 18.9 Å². The zero-order valence-electron chi connectivity index (χ0n) is 11.7. The van der Waals surface area contributed by atoms with Crippen molar-refractivity contribution in [2.75, 3.05) is 6.26 Å².